The lowest BCUT2D eigenvalue weighted by Gasteiger charge is -2.33. The molecule has 2 atom stereocenters. The molecule has 0 bridgehead atoms. The molecule has 1 amide bonds. The third kappa shape index (κ3) is 3.44. The van der Waals surface area contributed by atoms with Gasteiger partial charge >= 0.3 is 0 Å². The molecule has 0 spiro atoms. The molecule has 1 aromatic heterocycles. The van der Waals surface area contributed by atoms with Crippen LogP contribution < -0.4 is 0 Å². The summed E-state index contributed by atoms with van der Waals surface area (Å²) in [6, 6.07) is 2.24. The maximum absolute atomic E-state index is 12.8. The number of hydrogen-bond acceptors (Lipinski definition) is 5. The Kier molecular flexibility index (Phi) is 5.04. The number of carbonyl (C=O) groups excluding carboxylic acids is 1. The Hall–Kier alpha value is -1.37. The van der Waals surface area contributed by atoms with Gasteiger partial charge in [0.25, 0.3) is 5.91 Å². The Labute approximate surface area is 137 Å². The van der Waals surface area contributed by atoms with Gasteiger partial charge in [0.1, 0.15) is 18.1 Å². The molecule has 2 fully saturated rings. The minimum atomic E-state index is 0.0659. The number of methoxy groups -OCH3 is 1. The summed E-state index contributed by atoms with van der Waals surface area (Å²) in [5.41, 5.74) is 0.659. The van der Waals surface area contributed by atoms with Crippen molar-refractivity contribution in [1.82, 2.24) is 9.80 Å². The van der Waals surface area contributed by atoms with Gasteiger partial charge in [0.05, 0.1) is 18.8 Å². The van der Waals surface area contributed by atoms with Crippen LogP contribution >= 0.6 is 0 Å². The Balaban J connectivity index is 1.68. The van der Waals surface area contributed by atoms with Crippen LogP contribution in [0.3, 0.4) is 0 Å². The van der Waals surface area contributed by atoms with Crippen LogP contribution in [0.15, 0.2) is 10.5 Å². The summed E-state index contributed by atoms with van der Waals surface area (Å²) in [4.78, 5) is 17.3. The van der Waals surface area contributed by atoms with Crippen LogP contribution in [0.1, 0.15) is 28.8 Å². The highest BCUT2D eigenvalue weighted by atomic mass is 16.5. The van der Waals surface area contributed by atoms with Crippen molar-refractivity contribution in [2.45, 2.75) is 26.5 Å². The molecule has 0 aromatic carbocycles. The smallest absolute Gasteiger partial charge is 0.257 e. The average Bonchev–Trinajstić information content (AvgIpc) is 3.11. The van der Waals surface area contributed by atoms with Gasteiger partial charge in [-0.15, -0.1) is 0 Å². The van der Waals surface area contributed by atoms with E-state index in [1.54, 1.807) is 7.11 Å². The molecule has 0 unspecified atom stereocenters. The van der Waals surface area contributed by atoms with E-state index in [2.05, 4.69) is 11.8 Å². The standard InChI is InChI=1S/C17H26N2O4/c1-12-9-19(10-16(12)18-4-6-22-7-5-18)17(20)15-8-14(11-21-3)23-13(15)2/h8,12,16H,4-7,9-11H2,1-3H3/t12-,16-/m0/s1. The van der Waals surface area contributed by atoms with Gasteiger partial charge in [0.2, 0.25) is 0 Å². The lowest BCUT2D eigenvalue weighted by molar-refractivity contribution is 0.0119. The highest BCUT2D eigenvalue weighted by Gasteiger charge is 2.37. The van der Waals surface area contributed by atoms with Crippen molar-refractivity contribution in [3.8, 4) is 0 Å². The molecule has 0 N–H and O–H groups in total. The van der Waals surface area contributed by atoms with Crippen molar-refractivity contribution in [3.05, 3.63) is 23.2 Å². The number of likely N-dealkylation sites (tertiary alicyclic amines) is 1. The van der Waals surface area contributed by atoms with Crippen LogP contribution in [0, 0.1) is 12.8 Å². The second-order valence-electron chi connectivity index (χ2n) is 6.52. The molecule has 2 saturated heterocycles. The summed E-state index contributed by atoms with van der Waals surface area (Å²) in [6.07, 6.45) is 0. The third-order valence-electron chi connectivity index (χ3n) is 4.86. The molecule has 3 rings (SSSR count). The van der Waals surface area contributed by atoms with Crippen LogP contribution in [0.5, 0.6) is 0 Å². The molecule has 6 nitrogen and oxygen atoms in total. The topological polar surface area (TPSA) is 55.2 Å². The van der Waals surface area contributed by atoms with E-state index in [-0.39, 0.29) is 5.91 Å². The highest BCUT2D eigenvalue weighted by Crippen LogP contribution is 2.26. The fourth-order valence-corrected chi connectivity index (χ4v) is 3.64. The van der Waals surface area contributed by atoms with E-state index in [1.807, 2.05) is 17.9 Å². The van der Waals surface area contributed by atoms with Gasteiger partial charge < -0.3 is 18.8 Å². The molecular weight excluding hydrogens is 296 g/mol. The number of carbonyl (C=O) groups is 1. The number of morpholine rings is 1. The van der Waals surface area contributed by atoms with E-state index in [0.717, 1.165) is 39.4 Å². The average molecular weight is 322 g/mol. The molecule has 0 saturated carbocycles. The molecule has 23 heavy (non-hydrogen) atoms. The van der Waals surface area contributed by atoms with Crippen molar-refractivity contribution in [3.63, 3.8) is 0 Å². The van der Waals surface area contributed by atoms with E-state index in [9.17, 15) is 4.79 Å². The van der Waals surface area contributed by atoms with Crippen LogP contribution in [-0.2, 0) is 16.1 Å². The van der Waals surface area contributed by atoms with Crippen molar-refractivity contribution < 1.29 is 18.7 Å². The SMILES string of the molecule is COCc1cc(C(=O)N2C[C@H](C)[C@@H](N3CCOCC3)C2)c(C)o1. The monoisotopic (exact) mass is 322 g/mol. The van der Waals surface area contributed by atoms with Crippen LogP contribution in [0.4, 0.5) is 0 Å². The second kappa shape index (κ2) is 7.03. The first-order valence-electron chi connectivity index (χ1n) is 8.29. The normalized spacial score (nSPS) is 26.0. The Bertz CT molecular complexity index is 551. The maximum Gasteiger partial charge on any atom is 0.257 e. The molecule has 2 aliphatic heterocycles. The van der Waals surface area contributed by atoms with Gasteiger partial charge in [-0.2, -0.15) is 0 Å². The van der Waals surface area contributed by atoms with E-state index in [0.29, 0.717) is 35.7 Å². The fraction of sp³-hybridized carbons (Fsp3) is 0.706. The van der Waals surface area contributed by atoms with Crippen molar-refractivity contribution in [2.24, 2.45) is 5.92 Å². The Morgan fingerprint density at radius 1 is 1.35 bits per heavy atom. The van der Waals surface area contributed by atoms with Gasteiger partial charge in [-0.3, -0.25) is 9.69 Å². The highest BCUT2D eigenvalue weighted by molar-refractivity contribution is 5.95. The molecule has 6 heteroatoms. The van der Waals surface area contributed by atoms with Gasteiger partial charge in [0.15, 0.2) is 0 Å². The van der Waals surface area contributed by atoms with E-state index in [1.165, 1.54) is 0 Å². The Morgan fingerprint density at radius 2 is 2.09 bits per heavy atom. The van der Waals surface area contributed by atoms with Crippen LogP contribution in [0.2, 0.25) is 0 Å². The predicted molar refractivity (Wildman–Crippen MR) is 85.4 cm³/mol. The first-order valence-corrected chi connectivity index (χ1v) is 8.29. The summed E-state index contributed by atoms with van der Waals surface area (Å²) < 4.78 is 16.1. The number of aryl methyl sites for hydroxylation is 1. The lowest BCUT2D eigenvalue weighted by atomic mass is 10.0. The molecule has 3 heterocycles. The number of ether oxygens (including phenoxy) is 2. The molecule has 2 aliphatic rings. The summed E-state index contributed by atoms with van der Waals surface area (Å²) in [7, 11) is 1.62. The fourth-order valence-electron chi connectivity index (χ4n) is 3.64. The van der Waals surface area contributed by atoms with Crippen LogP contribution in [0.25, 0.3) is 0 Å². The molecule has 0 aliphatic carbocycles. The number of furan rings is 1. The van der Waals surface area contributed by atoms with Crippen molar-refractivity contribution in [2.75, 3.05) is 46.5 Å². The predicted octanol–water partition coefficient (Wildman–Crippen LogP) is 1.53. The number of hydrogen-bond donors (Lipinski definition) is 0. The van der Waals surface area contributed by atoms with E-state index >= 15 is 0 Å². The van der Waals surface area contributed by atoms with Gasteiger partial charge in [-0.05, 0) is 18.9 Å². The van der Waals surface area contributed by atoms with Crippen LogP contribution in [-0.4, -0.2) is 68.3 Å². The van der Waals surface area contributed by atoms with E-state index < -0.39 is 0 Å². The largest absolute Gasteiger partial charge is 0.463 e. The summed E-state index contributed by atoms with van der Waals surface area (Å²) in [5, 5.41) is 0. The zero-order valence-electron chi connectivity index (χ0n) is 14.2. The second-order valence-corrected chi connectivity index (χ2v) is 6.52. The zero-order valence-corrected chi connectivity index (χ0v) is 14.2. The summed E-state index contributed by atoms with van der Waals surface area (Å²) in [5.74, 6) is 1.91. The van der Waals surface area contributed by atoms with Gasteiger partial charge in [0, 0.05) is 39.3 Å². The molecule has 1 aromatic rings. The first-order chi connectivity index (χ1) is 11.1. The molecular formula is C17H26N2O4. The van der Waals surface area contributed by atoms with Gasteiger partial charge in [-0.1, -0.05) is 6.92 Å². The Morgan fingerprint density at radius 3 is 2.78 bits per heavy atom. The minimum absolute atomic E-state index is 0.0659. The van der Waals surface area contributed by atoms with Crippen molar-refractivity contribution in [1.29, 1.82) is 0 Å². The molecule has 128 valence electrons. The van der Waals surface area contributed by atoms with Gasteiger partial charge in [-0.25, -0.2) is 0 Å². The number of rotatable bonds is 4. The minimum Gasteiger partial charge on any atom is -0.463 e. The van der Waals surface area contributed by atoms with Crippen molar-refractivity contribution >= 4 is 5.91 Å². The quantitative estimate of drug-likeness (QED) is 0.841. The number of nitrogens with zero attached hydrogens (tertiary/aromatic N) is 2. The summed E-state index contributed by atoms with van der Waals surface area (Å²) in [6.45, 7) is 9.53. The number of amides is 1. The molecule has 0 radical (unpaired) electrons. The maximum atomic E-state index is 12.8. The zero-order chi connectivity index (χ0) is 16.4. The van der Waals surface area contributed by atoms with E-state index in [4.69, 9.17) is 13.9 Å². The first kappa shape index (κ1) is 16.5. The lowest BCUT2D eigenvalue weighted by Crippen LogP contribution is -2.47. The summed E-state index contributed by atoms with van der Waals surface area (Å²) >= 11 is 0. The third-order valence-corrected chi connectivity index (χ3v) is 4.86.